The van der Waals surface area contributed by atoms with E-state index in [1.54, 1.807) is 25.1 Å². The molecular formula is C15H15IN2O2. The van der Waals surface area contributed by atoms with Gasteiger partial charge < -0.3 is 15.8 Å². The van der Waals surface area contributed by atoms with E-state index in [1.165, 1.54) is 0 Å². The van der Waals surface area contributed by atoms with Crippen LogP contribution >= 0.6 is 22.6 Å². The number of carbonyl (C=O) groups is 1. The smallest absolute Gasteiger partial charge is 0.340 e. The molecule has 20 heavy (non-hydrogen) atoms. The third kappa shape index (κ3) is 3.63. The van der Waals surface area contributed by atoms with Crippen molar-refractivity contribution >= 4 is 45.6 Å². The molecule has 0 saturated carbocycles. The second-order valence-electron chi connectivity index (χ2n) is 4.16. The normalized spacial score (nSPS) is 10.1. The Balaban J connectivity index is 2.33. The van der Waals surface area contributed by atoms with Gasteiger partial charge in [-0.1, -0.05) is 6.07 Å². The fourth-order valence-corrected chi connectivity index (χ4v) is 2.31. The number of carbonyl (C=O) groups excluding carboxylic acids is 1. The lowest BCUT2D eigenvalue weighted by Crippen LogP contribution is -2.08. The lowest BCUT2D eigenvalue weighted by Gasteiger charge is -2.12. The Morgan fingerprint density at radius 1 is 1.30 bits per heavy atom. The van der Waals surface area contributed by atoms with Crippen LogP contribution in [0.25, 0.3) is 0 Å². The van der Waals surface area contributed by atoms with Crippen LogP contribution in [0.5, 0.6) is 0 Å². The fourth-order valence-electron chi connectivity index (χ4n) is 1.77. The van der Waals surface area contributed by atoms with E-state index in [1.807, 2.05) is 24.3 Å². The topological polar surface area (TPSA) is 64.3 Å². The van der Waals surface area contributed by atoms with Crippen molar-refractivity contribution in [2.75, 3.05) is 17.7 Å². The van der Waals surface area contributed by atoms with Crippen LogP contribution in [0.2, 0.25) is 0 Å². The number of ether oxygens (including phenoxy) is 1. The first-order chi connectivity index (χ1) is 9.60. The summed E-state index contributed by atoms with van der Waals surface area (Å²) < 4.78 is 6.16. The summed E-state index contributed by atoms with van der Waals surface area (Å²) in [6, 6.07) is 13.0. The average molecular weight is 382 g/mol. The number of anilines is 3. The average Bonchev–Trinajstić information content (AvgIpc) is 2.41. The Hall–Kier alpha value is -1.76. The molecule has 0 aromatic heterocycles. The molecular weight excluding hydrogens is 367 g/mol. The van der Waals surface area contributed by atoms with E-state index in [0.29, 0.717) is 23.5 Å². The minimum atomic E-state index is -0.382. The van der Waals surface area contributed by atoms with Crippen molar-refractivity contribution in [2.24, 2.45) is 0 Å². The molecule has 0 amide bonds. The summed E-state index contributed by atoms with van der Waals surface area (Å²) in [5, 5.41) is 3.22. The first kappa shape index (κ1) is 14.6. The highest BCUT2D eigenvalue weighted by Gasteiger charge is 2.13. The molecule has 0 fully saturated rings. The summed E-state index contributed by atoms with van der Waals surface area (Å²) in [5.41, 5.74) is 8.30. The number of esters is 1. The van der Waals surface area contributed by atoms with Crippen LogP contribution in [0.3, 0.4) is 0 Å². The number of halogens is 1. The highest BCUT2D eigenvalue weighted by atomic mass is 127. The lowest BCUT2D eigenvalue weighted by atomic mass is 10.1. The maximum absolute atomic E-state index is 12.0. The van der Waals surface area contributed by atoms with Gasteiger partial charge in [-0.05, 0) is 65.9 Å². The summed E-state index contributed by atoms with van der Waals surface area (Å²) in [5.74, 6) is -0.382. The van der Waals surface area contributed by atoms with Gasteiger partial charge in [0.1, 0.15) is 0 Å². The number of nitrogens with one attached hydrogen (secondary N) is 1. The predicted molar refractivity (Wildman–Crippen MR) is 89.3 cm³/mol. The number of nitrogens with two attached hydrogens (primary N) is 1. The van der Waals surface area contributed by atoms with Gasteiger partial charge >= 0.3 is 5.97 Å². The summed E-state index contributed by atoms with van der Waals surface area (Å²) in [6.45, 7) is 2.10. The molecule has 2 rings (SSSR count). The van der Waals surface area contributed by atoms with E-state index in [4.69, 9.17) is 10.5 Å². The van der Waals surface area contributed by atoms with Gasteiger partial charge in [-0.25, -0.2) is 4.79 Å². The third-order valence-corrected chi connectivity index (χ3v) is 3.31. The molecule has 0 bridgehead atoms. The predicted octanol–water partition coefficient (Wildman–Crippen LogP) is 3.79. The third-order valence-electron chi connectivity index (χ3n) is 2.64. The molecule has 104 valence electrons. The maximum atomic E-state index is 12.0. The number of benzene rings is 2. The zero-order chi connectivity index (χ0) is 14.5. The molecule has 0 saturated heterocycles. The molecule has 3 N–H and O–H groups in total. The Morgan fingerprint density at radius 2 is 2.10 bits per heavy atom. The van der Waals surface area contributed by atoms with Crippen LogP contribution in [0, 0.1) is 3.57 Å². The van der Waals surface area contributed by atoms with Crippen LogP contribution in [0.1, 0.15) is 17.3 Å². The number of hydrogen-bond donors (Lipinski definition) is 2. The number of rotatable bonds is 4. The summed E-state index contributed by atoms with van der Waals surface area (Å²) in [6.07, 6.45) is 0. The largest absolute Gasteiger partial charge is 0.462 e. The molecule has 0 unspecified atom stereocenters. The molecule has 0 radical (unpaired) electrons. The van der Waals surface area contributed by atoms with Crippen molar-refractivity contribution < 1.29 is 9.53 Å². The van der Waals surface area contributed by atoms with Gasteiger partial charge in [0.2, 0.25) is 0 Å². The van der Waals surface area contributed by atoms with Gasteiger partial charge in [0.05, 0.1) is 17.9 Å². The SMILES string of the molecule is CCOC(=O)c1cc(N)ccc1Nc1cccc(I)c1. The molecule has 0 aliphatic rings. The van der Waals surface area contributed by atoms with E-state index in [0.717, 1.165) is 9.26 Å². The van der Waals surface area contributed by atoms with Crippen molar-refractivity contribution in [1.82, 2.24) is 0 Å². The van der Waals surface area contributed by atoms with E-state index in [9.17, 15) is 4.79 Å². The molecule has 2 aromatic carbocycles. The highest BCUT2D eigenvalue weighted by molar-refractivity contribution is 14.1. The minimum absolute atomic E-state index is 0.330. The van der Waals surface area contributed by atoms with E-state index in [2.05, 4.69) is 27.9 Å². The van der Waals surface area contributed by atoms with Crippen molar-refractivity contribution in [3.63, 3.8) is 0 Å². The minimum Gasteiger partial charge on any atom is -0.462 e. The van der Waals surface area contributed by atoms with Crippen LogP contribution < -0.4 is 11.1 Å². The summed E-state index contributed by atoms with van der Waals surface area (Å²) in [4.78, 5) is 12.0. The van der Waals surface area contributed by atoms with E-state index < -0.39 is 0 Å². The first-order valence-corrected chi connectivity index (χ1v) is 7.27. The molecule has 0 aliphatic heterocycles. The Labute approximate surface area is 131 Å². The first-order valence-electron chi connectivity index (χ1n) is 6.19. The second-order valence-corrected chi connectivity index (χ2v) is 5.41. The highest BCUT2D eigenvalue weighted by Crippen LogP contribution is 2.25. The molecule has 0 atom stereocenters. The van der Waals surface area contributed by atoms with Gasteiger partial charge in [-0.2, -0.15) is 0 Å². The van der Waals surface area contributed by atoms with Gasteiger partial charge in [-0.15, -0.1) is 0 Å². The van der Waals surface area contributed by atoms with E-state index in [-0.39, 0.29) is 5.97 Å². The van der Waals surface area contributed by atoms with E-state index >= 15 is 0 Å². The maximum Gasteiger partial charge on any atom is 0.340 e. The fraction of sp³-hybridized carbons (Fsp3) is 0.133. The van der Waals surface area contributed by atoms with Gasteiger partial charge in [0, 0.05) is 14.9 Å². The Bertz CT molecular complexity index is 629. The van der Waals surface area contributed by atoms with Crippen molar-refractivity contribution in [3.05, 3.63) is 51.6 Å². The Kier molecular flexibility index (Phi) is 4.84. The second kappa shape index (κ2) is 6.60. The molecule has 2 aromatic rings. The standard InChI is InChI=1S/C15H15IN2O2/c1-2-20-15(19)13-9-11(17)6-7-14(13)18-12-5-3-4-10(16)8-12/h3-9,18H,2,17H2,1H3. The monoisotopic (exact) mass is 382 g/mol. The summed E-state index contributed by atoms with van der Waals surface area (Å²) in [7, 11) is 0. The van der Waals surface area contributed by atoms with Crippen molar-refractivity contribution in [2.45, 2.75) is 6.92 Å². The van der Waals surface area contributed by atoms with Gasteiger partial charge in [-0.3, -0.25) is 0 Å². The van der Waals surface area contributed by atoms with Crippen molar-refractivity contribution in [1.29, 1.82) is 0 Å². The molecule has 0 heterocycles. The molecule has 0 aliphatic carbocycles. The lowest BCUT2D eigenvalue weighted by molar-refractivity contribution is 0.0527. The van der Waals surface area contributed by atoms with Crippen LogP contribution in [0.15, 0.2) is 42.5 Å². The Morgan fingerprint density at radius 3 is 2.80 bits per heavy atom. The van der Waals surface area contributed by atoms with Crippen LogP contribution in [-0.4, -0.2) is 12.6 Å². The zero-order valence-corrected chi connectivity index (χ0v) is 13.2. The molecule has 4 nitrogen and oxygen atoms in total. The van der Waals surface area contributed by atoms with Crippen LogP contribution in [-0.2, 0) is 4.74 Å². The summed E-state index contributed by atoms with van der Waals surface area (Å²) >= 11 is 2.24. The zero-order valence-electron chi connectivity index (χ0n) is 11.0. The molecule has 0 spiro atoms. The number of nitrogen functional groups attached to an aromatic ring is 1. The number of hydrogen-bond acceptors (Lipinski definition) is 4. The van der Waals surface area contributed by atoms with Crippen molar-refractivity contribution in [3.8, 4) is 0 Å². The van der Waals surface area contributed by atoms with Crippen LogP contribution in [0.4, 0.5) is 17.1 Å². The molecule has 5 heteroatoms. The van der Waals surface area contributed by atoms with Gasteiger partial charge in [0.25, 0.3) is 0 Å². The quantitative estimate of drug-likeness (QED) is 0.480. The van der Waals surface area contributed by atoms with Gasteiger partial charge in [0.15, 0.2) is 0 Å².